The van der Waals surface area contributed by atoms with Gasteiger partial charge in [-0.3, -0.25) is 4.79 Å². The second-order valence-electron chi connectivity index (χ2n) is 5.96. The molecule has 3 rings (SSSR count). The normalized spacial score (nSPS) is 12.5. The molecule has 0 aliphatic carbocycles. The Balaban J connectivity index is 1.90. The molecule has 0 saturated carbocycles. The molecule has 1 heterocycles. The molecule has 124 valence electrons. The van der Waals surface area contributed by atoms with Gasteiger partial charge in [0.05, 0.1) is 22.6 Å². The van der Waals surface area contributed by atoms with Gasteiger partial charge >= 0.3 is 0 Å². The molecule has 0 bridgehead atoms. The third-order valence-electron chi connectivity index (χ3n) is 3.83. The van der Waals surface area contributed by atoms with Crippen LogP contribution in [0.15, 0.2) is 46.9 Å². The molecule has 0 fully saturated rings. The number of carbonyl (C=O) groups is 1. The molecule has 24 heavy (non-hydrogen) atoms. The lowest BCUT2D eigenvalue weighted by molar-refractivity contribution is 0.0919. The van der Waals surface area contributed by atoms with Gasteiger partial charge in [0.2, 0.25) is 0 Å². The number of para-hydroxylation sites is 2. The number of fused-ring (bicyclic) bond motifs is 1. The molecule has 0 aliphatic rings. The lowest BCUT2D eigenvalue weighted by Gasteiger charge is -2.20. The van der Waals surface area contributed by atoms with Gasteiger partial charge in [0.25, 0.3) is 5.91 Å². The first-order chi connectivity index (χ1) is 11.5. The molecule has 0 saturated heterocycles. The summed E-state index contributed by atoms with van der Waals surface area (Å²) >= 11 is 3.19. The summed E-state index contributed by atoms with van der Waals surface area (Å²) in [7, 11) is 0. The zero-order valence-corrected chi connectivity index (χ0v) is 14.9. The standard InChI is InChI=1S/C18H17BrFN3O/c1-10(2)16(17-21-14-5-3-4-6-15(14)22-17)23-18(24)12-8-7-11(19)9-13(12)20/h3-10,16H,1-2H3,(H,21,22)(H,23,24)/t16-/m0/s1. The average molecular weight is 390 g/mol. The van der Waals surface area contributed by atoms with Gasteiger partial charge in [-0.1, -0.05) is 41.9 Å². The summed E-state index contributed by atoms with van der Waals surface area (Å²) in [6, 6.07) is 11.7. The van der Waals surface area contributed by atoms with Crippen molar-refractivity contribution >= 4 is 32.9 Å². The largest absolute Gasteiger partial charge is 0.342 e. The van der Waals surface area contributed by atoms with Crippen molar-refractivity contribution in [2.75, 3.05) is 0 Å². The second-order valence-corrected chi connectivity index (χ2v) is 6.87. The van der Waals surface area contributed by atoms with Crippen LogP contribution in [0.4, 0.5) is 4.39 Å². The number of aromatic nitrogens is 2. The van der Waals surface area contributed by atoms with E-state index in [0.29, 0.717) is 10.3 Å². The summed E-state index contributed by atoms with van der Waals surface area (Å²) in [6.45, 7) is 3.96. The van der Waals surface area contributed by atoms with E-state index in [1.165, 1.54) is 12.1 Å². The molecular formula is C18H17BrFN3O. The van der Waals surface area contributed by atoms with Gasteiger partial charge in [0, 0.05) is 4.47 Å². The van der Waals surface area contributed by atoms with E-state index in [1.54, 1.807) is 6.07 Å². The number of imidazole rings is 1. The number of hydrogen-bond donors (Lipinski definition) is 2. The fourth-order valence-corrected chi connectivity index (χ4v) is 2.90. The first-order valence-electron chi connectivity index (χ1n) is 7.66. The Morgan fingerprint density at radius 1 is 1.25 bits per heavy atom. The summed E-state index contributed by atoms with van der Waals surface area (Å²) in [5.74, 6) is -0.266. The Morgan fingerprint density at radius 3 is 2.67 bits per heavy atom. The van der Waals surface area contributed by atoms with Gasteiger partial charge in [-0.15, -0.1) is 0 Å². The van der Waals surface area contributed by atoms with Crippen molar-refractivity contribution in [3.63, 3.8) is 0 Å². The Bertz CT molecular complexity index is 858. The minimum Gasteiger partial charge on any atom is -0.342 e. The van der Waals surface area contributed by atoms with E-state index in [-0.39, 0.29) is 17.5 Å². The van der Waals surface area contributed by atoms with Gasteiger partial charge < -0.3 is 10.3 Å². The molecule has 1 amide bonds. The Labute approximate surface area is 147 Å². The van der Waals surface area contributed by atoms with Crippen molar-refractivity contribution in [3.8, 4) is 0 Å². The van der Waals surface area contributed by atoms with Crippen LogP contribution in [0.2, 0.25) is 0 Å². The minimum atomic E-state index is -0.561. The predicted molar refractivity (Wildman–Crippen MR) is 95.2 cm³/mol. The Morgan fingerprint density at radius 2 is 2.00 bits per heavy atom. The van der Waals surface area contributed by atoms with Crippen molar-refractivity contribution in [2.45, 2.75) is 19.9 Å². The van der Waals surface area contributed by atoms with Crippen molar-refractivity contribution in [1.29, 1.82) is 0 Å². The van der Waals surface area contributed by atoms with Crippen molar-refractivity contribution in [2.24, 2.45) is 5.92 Å². The van der Waals surface area contributed by atoms with E-state index in [2.05, 4.69) is 31.2 Å². The van der Waals surface area contributed by atoms with E-state index >= 15 is 0 Å². The summed E-state index contributed by atoms with van der Waals surface area (Å²) in [4.78, 5) is 20.2. The molecule has 0 spiro atoms. The number of rotatable bonds is 4. The molecule has 0 radical (unpaired) electrons. The van der Waals surface area contributed by atoms with Crippen LogP contribution in [0.5, 0.6) is 0 Å². The molecule has 3 aromatic rings. The average Bonchev–Trinajstić information content (AvgIpc) is 2.95. The van der Waals surface area contributed by atoms with Crippen LogP contribution in [-0.2, 0) is 0 Å². The number of aromatic amines is 1. The lowest BCUT2D eigenvalue weighted by Crippen LogP contribution is -2.33. The SMILES string of the molecule is CC(C)[C@H](NC(=O)c1ccc(Br)cc1F)c1nc2ccccc2[nH]1. The van der Waals surface area contributed by atoms with E-state index in [4.69, 9.17) is 0 Å². The van der Waals surface area contributed by atoms with Gasteiger partial charge in [0.1, 0.15) is 11.6 Å². The highest BCUT2D eigenvalue weighted by Gasteiger charge is 2.23. The topological polar surface area (TPSA) is 57.8 Å². The first-order valence-corrected chi connectivity index (χ1v) is 8.45. The van der Waals surface area contributed by atoms with Crippen LogP contribution in [-0.4, -0.2) is 15.9 Å². The first kappa shape index (κ1) is 16.6. The number of halogens is 2. The fourth-order valence-electron chi connectivity index (χ4n) is 2.56. The summed E-state index contributed by atoms with van der Waals surface area (Å²) in [5, 5.41) is 2.88. The molecule has 0 aliphatic heterocycles. The maximum Gasteiger partial charge on any atom is 0.254 e. The second kappa shape index (κ2) is 6.73. The third-order valence-corrected chi connectivity index (χ3v) is 4.32. The predicted octanol–water partition coefficient (Wildman–Crippen LogP) is 4.59. The van der Waals surface area contributed by atoms with E-state index < -0.39 is 11.7 Å². The van der Waals surface area contributed by atoms with E-state index in [0.717, 1.165) is 11.0 Å². The fraction of sp³-hybridized carbons (Fsp3) is 0.222. The molecule has 1 aromatic heterocycles. The van der Waals surface area contributed by atoms with Crippen LogP contribution in [0.3, 0.4) is 0 Å². The molecule has 4 nitrogen and oxygen atoms in total. The van der Waals surface area contributed by atoms with Crippen LogP contribution < -0.4 is 5.32 Å². The number of amides is 1. The monoisotopic (exact) mass is 389 g/mol. The van der Waals surface area contributed by atoms with Gasteiger partial charge in [-0.25, -0.2) is 9.37 Å². The van der Waals surface area contributed by atoms with Crippen LogP contribution in [0.1, 0.15) is 36.1 Å². The highest BCUT2D eigenvalue weighted by atomic mass is 79.9. The molecule has 2 N–H and O–H groups in total. The number of nitrogens with zero attached hydrogens (tertiary/aromatic N) is 1. The van der Waals surface area contributed by atoms with Crippen LogP contribution in [0, 0.1) is 11.7 Å². The molecule has 1 atom stereocenters. The van der Waals surface area contributed by atoms with Gasteiger partial charge in [0.15, 0.2) is 0 Å². The highest BCUT2D eigenvalue weighted by Crippen LogP contribution is 2.23. The number of hydrogen-bond acceptors (Lipinski definition) is 2. The molecule has 0 unspecified atom stereocenters. The van der Waals surface area contributed by atoms with Gasteiger partial charge in [-0.2, -0.15) is 0 Å². The zero-order chi connectivity index (χ0) is 17.3. The maximum absolute atomic E-state index is 14.0. The molecule has 2 aromatic carbocycles. The van der Waals surface area contributed by atoms with Crippen molar-refractivity contribution in [3.05, 3.63) is 64.1 Å². The van der Waals surface area contributed by atoms with Gasteiger partial charge in [-0.05, 0) is 36.2 Å². The summed E-state index contributed by atoms with van der Waals surface area (Å²) in [6.07, 6.45) is 0. The number of H-pyrrole nitrogens is 1. The van der Waals surface area contributed by atoms with Crippen LogP contribution >= 0.6 is 15.9 Å². The number of benzene rings is 2. The summed E-state index contributed by atoms with van der Waals surface area (Å²) < 4.78 is 14.6. The lowest BCUT2D eigenvalue weighted by atomic mass is 10.0. The Hall–Kier alpha value is -2.21. The minimum absolute atomic E-state index is 0.0139. The molecular weight excluding hydrogens is 373 g/mol. The summed E-state index contributed by atoms with van der Waals surface area (Å²) in [5.41, 5.74) is 1.75. The van der Waals surface area contributed by atoms with Crippen LogP contribution in [0.25, 0.3) is 11.0 Å². The smallest absolute Gasteiger partial charge is 0.254 e. The third kappa shape index (κ3) is 3.33. The quantitative estimate of drug-likeness (QED) is 0.685. The van der Waals surface area contributed by atoms with Crippen molar-refractivity contribution in [1.82, 2.24) is 15.3 Å². The van der Waals surface area contributed by atoms with E-state index in [1.807, 2.05) is 38.1 Å². The van der Waals surface area contributed by atoms with E-state index in [9.17, 15) is 9.18 Å². The number of carbonyl (C=O) groups excluding carboxylic acids is 1. The number of nitrogens with one attached hydrogen (secondary N) is 2. The maximum atomic E-state index is 14.0. The van der Waals surface area contributed by atoms with Crippen molar-refractivity contribution < 1.29 is 9.18 Å². The highest BCUT2D eigenvalue weighted by molar-refractivity contribution is 9.10. The zero-order valence-electron chi connectivity index (χ0n) is 13.3. The Kier molecular flexibility index (Phi) is 4.66. The molecule has 6 heteroatoms.